The molecule has 0 aliphatic heterocycles. The molecule has 0 fully saturated rings. The molecular formula is C57H55N3O6S2. The molecule has 7 aromatic rings. The molecule has 68 heavy (non-hydrogen) atoms. The van der Waals surface area contributed by atoms with Gasteiger partial charge in [0, 0.05) is 43.1 Å². The summed E-state index contributed by atoms with van der Waals surface area (Å²) in [6.45, 7) is 1.50. The van der Waals surface area contributed by atoms with Gasteiger partial charge in [-0.2, -0.15) is 0 Å². The van der Waals surface area contributed by atoms with E-state index in [2.05, 4.69) is 161 Å². The summed E-state index contributed by atoms with van der Waals surface area (Å²) in [4.78, 5) is 52.2. The van der Waals surface area contributed by atoms with Crippen LogP contribution in [0.4, 0.5) is 0 Å². The average molecular weight is 942 g/mol. The normalized spacial score (nSPS) is 12.0. The maximum absolute atomic E-state index is 14.1. The van der Waals surface area contributed by atoms with E-state index in [1.165, 1.54) is 0 Å². The van der Waals surface area contributed by atoms with Crippen molar-refractivity contribution in [2.75, 3.05) is 31.1 Å². The maximum Gasteiger partial charge on any atom is 0.326 e. The van der Waals surface area contributed by atoms with Crippen molar-refractivity contribution in [3.63, 3.8) is 0 Å². The Bertz CT molecular complexity index is 2490. The van der Waals surface area contributed by atoms with Gasteiger partial charge in [-0.05, 0) is 57.5 Å². The predicted molar refractivity (Wildman–Crippen MR) is 274 cm³/mol. The predicted octanol–water partition coefficient (Wildman–Crippen LogP) is 10.1. The molecule has 11 heteroatoms. The van der Waals surface area contributed by atoms with E-state index in [1.54, 1.807) is 36.0 Å². The molecule has 1 atom stereocenters. The van der Waals surface area contributed by atoms with E-state index in [-0.39, 0.29) is 24.4 Å². The second-order valence-corrected chi connectivity index (χ2v) is 18.9. The van der Waals surface area contributed by atoms with Gasteiger partial charge in [0.25, 0.3) is 5.91 Å². The number of hydrogen-bond acceptors (Lipinski definition) is 7. The monoisotopic (exact) mass is 941 g/mol. The lowest BCUT2D eigenvalue weighted by Crippen LogP contribution is -2.41. The molecule has 0 radical (unpaired) electrons. The summed E-state index contributed by atoms with van der Waals surface area (Å²) in [5, 5.41) is 24.4. The average Bonchev–Trinajstić information content (AvgIpc) is 3.38. The van der Waals surface area contributed by atoms with Gasteiger partial charge in [0.05, 0.1) is 16.0 Å². The van der Waals surface area contributed by atoms with Crippen LogP contribution in [0.1, 0.15) is 62.1 Å². The second-order valence-electron chi connectivity index (χ2n) is 16.3. The molecular weight excluding hydrogens is 887 g/mol. The van der Waals surface area contributed by atoms with Gasteiger partial charge in [-0.3, -0.25) is 19.3 Å². The van der Waals surface area contributed by atoms with Gasteiger partial charge in [0.1, 0.15) is 6.04 Å². The minimum atomic E-state index is -1.34. The Hall–Kier alpha value is -6.92. The van der Waals surface area contributed by atoms with Crippen LogP contribution in [-0.2, 0) is 30.4 Å². The van der Waals surface area contributed by atoms with E-state index in [0.29, 0.717) is 31.1 Å². The van der Waals surface area contributed by atoms with E-state index in [1.807, 2.05) is 48.2 Å². The molecule has 0 aliphatic carbocycles. The van der Waals surface area contributed by atoms with Crippen LogP contribution in [0.25, 0.3) is 0 Å². The highest BCUT2D eigenvalue weighted by molar-refractivity contribution is 8.00. The molecule has 0 heterocycles. The third-order valence-corrected chi connectivity index (χ3v) is 14.9. The molecule has 0 bridgehead atoms. The van der Waals surface area contributed by atoms with Gasteiger partial charge in [0.15, 0.2) is 0 Å². The Morgan fingerprint density at radius 1 is 0.515 bits per heavy atom. The summed E-state index contributed by atoms with van der Waals surface area (Å²) < 4.78 is -1.07. The van der Waals surface area contributed by atoms with Crippen molar-refractivity contribution in [2.45, 2.75) is 34.9 Å². The van der Waals surface area contributed by atoms with E-state index < -0.39 is 39.8 Å². The number of carboxylic acids is 2. The third kappa shape index (κ3) is 12.3. The lowest BCUT2D eigenvalue weighted by atomic mass is 9.84. The molecule has 0 spiro atoms. The minimum absolute atomic E-state index is 0.113. The molecule has 7 rings (SSSR count). The second kappa shape index (κ2) is 24.2. The zero-order valence-corrected chi connectivity index (χ0v) is 39.3. The Labute approximate surface area is 407 Å². The highest BCUT2D eigenvalue weighted by Crippen LogP contribution is 2.49. The summed E-state index contributed by atoms with van der Waals surface area (Å²) in [7, 11) is 0. The van der Waals surface area contributed by atoms with E-state index in [0.717, 1.165) is 38.9 Å². The summed E-state index contributed by atoms with van der Waals surface area (Å²) in [5.41, 5.74) is 7.98. The Morgan fingerprint density at radius 3 is 1.26 bits per heavy atom. The Balaban J connectivity index is 1.11. The minimum Gasteiger partial charge on any atom is -0.481 e. The molecule has 4 N–H and O–H groups in total. The zero-order valence-electron chi connectivity index (χ0n) is 37.7. The Kier molecular flexibility index (Phi) is 17.4. The number of benzene rings is 7. The number of nitrogens with one attached hydrogen (secondary N) is 2. The number of carboxylic acid groups (broad SMARTS) is 2. The topological polar surface area (TPSA) is 136 Å². The SMILES string of the molecule is O=C(O)CCC(NC(=O)c1ccc(CN(CCSC(c2ccccc2)(c2ccccc2)c2ccccc2)CC(=O)NCCSC(c2ccccc2)(c2ccccc2)c2ccccc2)cc1)C(=O)O. The van der Waals surface area contributed by atoms with Gasteiger partial charge in [-0.15, -0.1) is 23.5 Å². The van der Waals surface area contributed by atoms with Gasteiger partial charge >= 0.3 is 11.9 Å². The number of carbonyl (C=O) groups is 4. The highest BCUT2D eigenvalue weighted by atomic mass is 32.2. The first-order valence-corrected chi connectivity index (χ1v) is 24.6. The van der Waals surface area contributed by atoms with Gasteiger partial charge in [0.2, 0.25) is 5.91 Å². The van der Waals surface area contributed by atoms with Crippen molar-refractivity contribution < 1.29 is 29.4 Å². The number of aliphatic carboxylic acids is 2. The molecule has 1 unspecified atom stereocenters. The van der Waals surface area contributed by atoms with Gasteiger partial charge < -0.3 is 20.8 Å². The van der Waals surface area contributed by atoms with Gasteiger partial charge in [-0.25, -0.2) is 4.79 Å². The molecule has 7 aromatic carbocycles. The maximum atomic E-state index is 14.1. The first-order chi connectivity index (χ1) is 33.2. The molecule has 9 nitrogen and oxygen atoms in total. The van der Waals surface area contributed by atoms with E-state index in [4.69, 9.17) is 5.11 Å². The van der Waals surface area contributed by atoms with Crippen LogP contribution in [-0.4, -0.2) is 76.0 Å². The quantitative estimate of drug-likeness (QED) is 0.0345. The van der Waals surface area contributed by atoms with E-state index >= 15 is 0 Å². The third-order valence-electron chi connectivity index (χ3n) is 11.8. The summed E-state index contributed by atoms with van der Waals surface area (Å²) in [5.74, 6) is -1.89. The lowest BCUT2D eigenvalue weighted by Gasteiger charge is -2.36. The van der Waals surface area contributed by atoms with Crippen molar-refractivity contribution in [3.05, 3.63) is 251 Å². The fourth-order valence-electron chi connectivity index (χ4n) is 8.52. The molecule has 346 valence electrons. The van der Waals surface area contributed by atoms with E-state index in [9.17, 15) is 24.3 Å². The summed E-state index contributed by atoms with van der Waals surface area (Å²) >= 11 is 3.61. The van der Waals surface area contributed by atoms with Crippen molar-refractivity contribution >= 4 is 47.3 Å². The van der Waals surface area contributed by atoms with Crippen LogP contribution in [0.2, 0.25) is 0 Å². The standard InChI is InChI=1S/C57H55N3O6S2/c61-52(58-37-39-67-56(45-19-7-1-8-20-45,46-21-9-2-10-22-46)47-23-11-3-12-24-47)42-60(41-43-31-33-44(34-32-43)54(64)59-51(55(65)66)35-36-53(62)63)38-40-68-57(48-25-13-4-14-26-48,49-27-15-5-16-28-49)50-29-17-6-18-30-50/h1-34,51H,35-42H2,(H,58,61)(H,59,64)(H,62,63)(H,65,66). The van der Waals surface area contributed by atoms with Crippen LogP contribution in [0.3, 0.4) is 0 Å². The van der Waals surface area contributed by atoms with Crippen LogP contribution in [0, 0.1) is 0 Å². The van der Waals surface area contributed by atoms with Crippen molar-refractivity contribution in [1.82, 2.24) is 15.5 Å². The van der Waals surface area contributed by atoms with Gasteiger partial charge in [-0.1, -0.05) is 194 Å². The van der Waals surface area contributed by atoms with Crippen LogP contribution in [0.15, 0.2) is 206 Å². The number of carbonyl (C=O) groups excluding carboxylic acids is 2. The smallest absolute Gasteiger partial charge is 0.326 e. The van der Waals surface area contributed by atoms with Crippen LogP contribution in [0.5, 0.6) is 0 Å². The number of rotatable bonds is 24. The van der Waals surface area contributed by atoms with Crippen molar-refractivity contribution in [2.24, 2.45) is 0 Å². The molecule has 0 aromatic heterocycles. The first kappa shape index (κ1) is 49.0. The number of hydrogen-bond donors (Lipinski definition) is 4. The Morgan fingerprint density at radius 2 is 0.897 bits per heavy atom. The fourth-order valence-corrected chi connectivity index (χ4v) is 11.5. The number of amides is 2. The largest absolute Gasteiger partial charge is 0.481 e. The zero-order chi connectivity index (χ0) is 47.6. The molecule has 2 amide bonds. The van der Waals surface area contributed by atoms with Crippen LogP contribution < -0.4 is 10.6 Å². The molecule has 0 aliphatic rings. The van der Waals surface area contributed by atoms with Crippen molar-refractivity contribution in [1.29, 1.82) is 0 Å². The number of thioether (sulfide) groups is 2. The summed E-state index contributed by atoms with van der Waals surface area (Å²) in [6.07, 6.45) is -0.633. The fraction of sp³-hybridized carbons (Fsp3) is 0.193. The van der Waals surface area contributed by atoms with Crippen LogP contribution >= 0.6 is 23.5 Å². The molecule has 0 saturated heterocycles. The lowest BCUT2D eigenvalue weighted by molar-refractivity contribution is -0.140. The number of nitrogens with zero attached hydrogens (tertiary/aromatic N) is 1. The summed E-state index contributed by atoms with van der Waals surface area (Å²) in [6, 6.07) is 68.4. The van der Waals surface area contributed by atoms with Crippen molar-refractivity contribution in [3.8, 4) is 0 Å². The first-order valence-electron chi connectivity index (χ1n) is 22.6. The highest BCUT2D eigenvalue weighted by Gasteiger charge is 2.38. The molecule has 0 saturated carbocycles.